The Bertz CT molecular complexity index is 1110. The van der Waals surface area contributed by atoms with Gasteiger partial charge < -0.3 is 4.74 Å². The SMILES string of the molecule is COc1ccccc1-c1nc(C)c(-c2ccc(SCc3ccc(Br)cc3)nn2)s1. The minimum Gasteiger partial charge on any atom is -0.496 e. The van der Waals surface area contributed by atoms with Crippen LogP contribution in [0.2, 0.25) is 0 Å². The lowest BCUT2D eigenvalue weighted by molar-refractivity contribution is 0.416. The van der Waals surface area contributed by atoms with E-state index < -0.39 is 0 Å². The molecule has 0 radical (unpaired) electrons. The molecule has 7 heteroatoms. The van der Waals surface area contributed by atoms with E-state index in [1.54, 1.807) is 30.2 Å². The highest BCUT2D eigenvalue weighted by atomic mass is 79.9. The molecule has 0 N–H and O–H groups in total. The molecular formula is C22H18BrN3OS2. The molecule has 0 unspecified atom stereocenters. The van der Waals surface area contributed by atoms with E-state index in [2.05, 4.69) is 50.4 Å². The molecule has 2 aromatic heterocycles. The Hall–Kier alpha value is -2.22. The molecule has 0 aliphatic carbocycles. The van der Waals surface area contributed by atoms with E-state index >= 15 is 0 Å². The molecule has 0 spiro atoms. The van der Waals surface area contributed by atoms with Crippen LogP contribution in [0.3, 0.4) is 0 Å². The summed E-state index contributed by atoms with van der Waals surface area (Å²) in [4.78, 5) is 5.76. The van der Waals surface area contributed by atoms with E-state index in [1.807, 2.05) is 43.3 Å². The molecular weight excluding hydrogens is 466 g/mol. The van der Waals surface area contributed by atoms with Crippen LogP contribution in [-0.2, 0) is 5.75 Å². The molecule has 0 fully saturated rings. The second-order valence-electron chi connectivity index (χ2n) is 6.31. The first-order valence-corrected chi connectivity index (χ1v) is 11.6. The number of aromatic nitrogens is 3. The topological polar surface area (TPSA) is 47.9 Å². The first-order valence-electron chi connectivity index (χ1n) is 8.96. The third kappa shape index (κ3) is 4.69. The van der Waals surface area contributed by atoms with Crippen LogP contribution in [0.25, 0.3) is 21.1 Å². The van der Waals surface area contributed by atoms with Crippen LogP contribution >= 0.6 is 39.0 Å². The predicted octanol–water partition coefficient (Wildman–Crippen LogP) is 6.64. The first kappa shape index (κ1) is 20.1. The molecule has 4 nitrogen and oxygen atoms in total. The summed E-state index contributed by atoms with van der Waals surface area (Å²) in [5.41, 5.74) is 4.03. The Labute approximate surface area is 186 Å². The van der Waals surface area contributed by atoms with E-state index in [4.69, 9.17) is 9.72 Å². The fraction of sp³-hybridized carbons (Fsp3) is 0.136. The van der Waals surface area contributed by atoms with Crippen LogP contribution in [0.15, 0.2) is 70.2 Å². The number of ether oxygens (including phenoxy) is 1. The van der Waals surface area contributed by atoms with E-state index in [1.165, 1.54) is 5.56 Å². The molecule has 4 rings (SSSR count). The molecule has 0 saturated carbocycles. The summed E-state index contributed by atoms with van der Waals surface area (Å²) in [7, 11) is 1.68. The van der Waals surface area contributed by atoms with Crippen LogP contribution in [0.5, 0.6) is 5.75 Å². The second kappa shape index (κ2) is 9.07. The number of thiazole rings is 1. The molecule has 2 heterocycles. The number of para-hydroxylation sites is 1. The highest BCUT2D eigenvalue weighted by Gasteiger charge is 2.15. The molecule has 2 aromatic carbocycles. The van der Waals surface area contributed by atoms with Crippen molar-refractivity contribution in [2.75, 3.05) is 7.11 Å². The van der Waals surface area contributed by atoms with E-state index in [9.17, 15) is 0 Å². The summed E-state index contributed by atoms with van der Waals surface area (Å²) in [6.45, 7) is 2.00. The van der Waals surface area contributed by atoms with E-state index in [-0.39, 0.29) is 0 Å². The van der Waals surface area contributed by atoms with Gasteiger partial charge in [0.2, 0.25) is 0 Å². The molecule has 0 aliphatic heterocycles. The maximum absolute atomic E-state index is 5.47. The third-order valence-corrected chi connectivity index (χ3v) is 7.04. The van der Waals surface area contributed by atoms with Crippen molar-refractivity contribution in [3.63, 3.8) is 0 Å². The minimum absolute atomic E-state index is 0.818. The average molecular weight is 484 g/mol. The molecule has 29 heavy (non-hydrogen) atoms. The fourth-order valence-electron chi connectivity index (χ4n) is 2.83. The Kier molecular flexibility index (Phi) is 6.28. The Balaban J connectivity index is 1.52. The summed E-state index contributed by atoms with van der Waals surface area (Å²) in [5, 5.41) is 10.7. The summed E-state index contributed by atoms with van der Waals surface area (Å²) in [6, 6.07) is 20.3. The van der Waals surface area contributed by atoms with Gasteiger partial charge in [0.05, 0.1) is 23.2 Å². The summed E-state index contributed by atoms with van der Waals surface area (Å²) in [6.07, 6.45) is 0. The smallest absolute Gasteiger partial charge is 0.129 e. The molecule has 0 bridgehead atoms. The number of benzene rings is 2. The van der Waals surface area contributed by atoms with Gasteiger partial charge >= 0.3 is 0 Å². The lowest BCUT2D eigenvalue weighted by atomic mass is 10.2. The number of halogens is 1. The van der Waals surface area contributed by atoms with Crippen molar-refractivity contribution in [2.24, 2.45) is 0 Å². The van der Waals surface area contributed by atoms with Crippen LogP contribution in [-0.4, -0.2) is 22.3 Å². The van der Waals surface area contributed by atoms with Gasteiger partial charge in [0.25, 0.3) is 0 Å². The lowest BCUT2D eigenvalue weighted by Crippen LogP contribution is -1.90. The quantitative estimate of drug-likeness (QED) is 0.287. The first-order chi connectivity index (χ1) is 14.1. The van der Waals surface area contributed by atoms with Crippen LogP contribution in [0, 0.1) is 6.92 Å². The van der Waals surface area contributed by atoms with Gasteiger partial charge in [-0.2, -0.15) is 0 Å². The maximum Gasteiger partial charge on any atom is 0.129 e. The average Bonchev–Trinajstić information content (AvgIpc) is 3.15. The van der Waals surface area contributed by atoms with Crippen LogP contribution in [0.4, 0.5) is 0 Å². The molecule has 146 valence electrons. The Morgan fingerprint density at radius 3 is 2.52 bits per heavy atom. The number of aryl methyl sites for hydroxylation is 1. The zero-order valence-electron chi connectivity index (χ0n) is 15.9. The fourth-order valence-corrected chi connectivity index (χ4v) is 4.92. The lowest BCUT2D eigenvalue weighted by Gasteiger charge is -2.04. The number of nitrogens with zero attached hydrogens (tertiary/aromatic N) is 3. The van der Waals surface area contributed by atoms with Crippen molar-refractivity contribution in [3.05, 3.63) is 76.4 Å². The highest BCUT2D eigenvalue weighted by Crippen LogP contribution is 2.38. The van der Waals surface area contributed by atoms with Gasteiger partial charge in [-0.05, 0) is 48.9 Å². The van der Waals surface area contributed by atoms with Crippen molar-refractivity contribution in [1.82, 2.24) is 15.2 Å². The third-order valence-electron chi connectivity index (χ3n) is 4.31. The number of methoxy groups -OCH3 is 1. The zero-order valence-corrected chi connectivity index (χ0v) is 19.1. The van der Waals surface area contributed by atoms with Crippen molar-refractivity contribution >= 4 is 39.0 Å². The summed E-state index contributed by atoms with van der Waals surface area (Å²) < 4.78 is 6.56. The van der Waals surface area contributed by atoms with Gasteiger partial charge in [-0.1, -0.05) is 52.0 Å². The van der Waals surface area contributed by atoms with Gasteiger partial charge in [0.15, 0.2) is 0 Å². The van der Waals surface area contributed by atoms with Crippen molar-refractivity contribution in [1.29, 1.82) is 0 Å². The number of hydrogen-bond acceptors (Lipinski definition) is 6. The monoisotopic (exact) mass is 483 g/mol. The summed E-state index contributed by atoms with van der Waals surface area (Å²) >= 11 is 6.75. The highest BCUT2D eigenvalue weighted by molar-refractivity contribution is 9.10. The molecule has 0 amide bonds. The second-order valence-corrected chi connectivity index (χ2v) is 9.22. The van der Waals surface area contributed by atoms with Crippen molar-refractivity contribution in [2.45, 2.75) is 17.7 Å². The predicted molar refractivity (Wildman–Crippen MR) is 124 cm³/mol. The van der Waals surface area contributed by atoms with Gasteiger partial charge in [-0.3, -0.25) is 0 Å². The number of rotatable bonds is 6. The van der Waals surface area contributed by atoms with Gasteiger partial charge in [0.1, 0.15) is 21.5 Å². The van der Waals surface area contributed by atoms with Crippen molar-refractivity contribution < 1.29 is 4.74 Å². The summed E-state index contributed by atoms with van der Waals surface area (Å²) in [5.74, 6) is 1.68. The molecule has 0 aliphatic rings. The largest absolute Gasteiger partial charge is 0.496 e. The van der Waals surface area contributed by atoms with Crippen molar-refractivity contribution in [3.8, 4) is 26.9 Å². The van der Waals surface area contributed by atoms with Crippen LogP contribution in [0.1, 0.15) is 11.3 Å². The number of hydrogen-bond donors (Lipinski definition) is 0. The normalized spacial score (nSPS) is 10.9. The molecule has 0 saturated heterocycles. The van der Waals surface area contributed by atoms with E-state index in [0.29, 0.717) is 0 Å². The minimum atomic E-state index is 0.818. The van der Waals surface area contributed by atoms with Crippen LogP contribution < -0.4 is 4.74 Å². The molecule has 4 aromatic rings. The van der Waals surface area contributed by atoms with Gasteiger partial charge in [-0.25, -0.2) is 4.98 Å². The van der Waals surface area contributed by atoms with Gasteiger partial charge in [-0.15, -0.1) is 21.5 Å². The molecule has 0 atom stereocenters. The van der Waals surface area contributed by atoms with E-state index in [0.717, 1.165) is 47.8 Å². The Morgan fingerprint density at radius 1 is 1.00 bits per heavy atom. The van der Waals surface area contributed by atoms with Gasteiger partial charge in [0, 0.05) is 10.2 Å². The standard InChI is InChI=1S/C22H18BrN3OS2/c1-14-21(29-22(24-14)17-5-3-4-6-19(17)27-2)18-11-12-20(26-25-18)28-13-15-7-9-16(23)10-8-15/h3-12H,13H2,1-2H3. The zero-order chi connectivity index (χ0) is 20.2. The maximum atomic E-state index is 5.47. The number of thioether (sulfide) groups is 1. The Morgan fingerprint density at radius 2 is 1.79 bits per heavy atom.